The molecular weight excluding hydrogens is 268 g/mol. The van der Waals surface area contributed by atoms with Crippen LogP contribution in [0.15, 0.2) is 60.7 Å². The Labute approximate surface area is 122 Å². The van der Waals surface area contributed by atoms with Crippen molar-refractivity contribution in [3.63, 3.8) is 0 Å². The Hall–Kier alpha value is -1.74. The molecule has 3 heteroatoms. The van der Waals surface area contributed by atoms with Gasteiger partial charge in [0.25, 0.3) is 0 Å². The van der Waals surface area contributed by atoms with Crippen LogP contribution in [0.1, 0.15) is 28.3 Å². The average molecular weight is 286 g/mol. The quantitative estimate of drug-likeness (QED) is 0.762. The predicted octanol–water partition coefficient (Wildman–Crippen LogP) is 3.42. The van der Waals surface area contributed by atoms with Gasteiger partial charge in [0.15, 0.2) is 5.78 Å². The van der Waals surface area contributed by atoms with Crippen LogP contribution < -0.4 is 0 Å². The van der Waals surface area contributed by atoms with Crippen LogP contribution in [0.25, 0.3) is 0 Å². The van der Waals surface area contributed by atoms with E-state index in [1.54, 1.807) is 6.26 Å². The first-order chi connectivity index (χ1) is 9.68. The summed E-state index contributed by atoms with van der Waals surface area (Å²) >= 11 is 0. The van der Waals surface area contributed by atoms with Crippen molar-refractivity contribution >= 4 is 16.6 Å². The number of benzene rings is 2. The van der Waals surface area contributed by atoms with E-state index in [0.29, 0.717) is 17.7 Å². The summed E-state index contributed by atoms with van der Waals surface area (Å²) in [5, 5.41) is 0. The van der Waals surface area contributed by atoms with Crippen LogP contribution in [0.3, 0.4) is 0 Å². The number of carbonyl (C=O) groups excluding carboxylic acids is 1. The third kappa shape index (κ3) is 3.87. The van der Waals surface area contributed by atoms with Gasteiger partial charge in [-0.1, -0.05) is 60.7 Å². The summed E-state index contributed by atoms with van der Waals surface area (Å²) in [4.78, 5) is 12.7. The molecule has 0 heterocycles. The molecule has 20 heavy (non-hydrogen) atoms. The Morgan fingerprint density at radius 2 is 1.55 bits per heavy atom. The molecule has 0 spiro atoms. The average Bonchev–Trinajstić information content (AvgIpc) is 2.49. The summed E-state index contributed by atoms with van der Waals surface area (Å²) in [6.45, 7) is 0. The molecule has 0 amide bonds. The second-order valence-corrected chi connectivity index (χ2v) is 6.31. The van der Waals surface area contributed by atoms with Crippen molar-refractivity contribution in [3.05, 3.63) is 71.8 Å². The van der Waals surface area contributed by atoms with Crippen LogP contribution in [0.4, 0.5) is 0 Å². The zero-order chi connectivity index (χ0) is 14.4. The lowest BCUT2D eigenvalue weighted by Gasteiger charge is -2.16. The summed E-state index contributed by atoms with van der Waals surface area (Å²) in [7, 11) is -0.885. The smallest absolute Gasteiger partial charge is 0.170 e. The monoisotopic (exact) mass is 286 g/mol. The van der Waals surface area contributed by atoms with Crippen LogP contribution in [0.5, 0.6) is 0 Å². The fraction of sp³-hybridized carbons (Fsp3) is 0.235. The predicted molar refractivity (Wildman–Crippen MR) is 83.5 cm³/mol. The fourth-order valence-electron chi connectivity index (χ4n) is 2.22. The molecule has 0 aliphatic carbocycles. The van der Waals surface area contributed by atoms with Gasteiger partial charge >= 0.3 is 0 Å². The molecule has 2 nitrogen and oxygen atoms in total. The van der Waals surface area contributed by atoms with E-state index in [-0.39, 0.29) is 11.7 Å². The zero-order valence-electron chi connectivity index (χ0n) is 11.5. The molecule has 2 atom stereocenters. The second-order valence-electron chi connectivity index (χ2n) is 4.76. The van der Waals surface area contributed by atoms with Crippen LogP contribution in [0.2, 0.25) is 0 Å². The molecule has 0 aliphatic rings. The minimum absolute atomic E-state index is 0.0993. The number of Topliss-reactive ketones (excluding diaryl/α,β-unsaturated/α-hetero) is 1. The van der Waals surface area contributed by atoms with E-state index in [9.17, 15) is 9.00 Å². The third-order valence-corrected chi connectivity index (χ3v) is 4.08. The fourth-order valence-corrected chi connectivity index (χ4v) is 2.79. The van der Waals surface area contributed by atoms with Crippen molar-refractivity contribution in [1.82, 2.24) is 0 Å². The van der Waals surface area contributed by atoms with E-state index < -0.39 is 10.8 Å². The van der Waals surface area contributed by atoms with Crippen molar-refractivity contribution in [2.45, 2.75) is 12.3 Å². The van der Waals surface area contributed by atoms with E-state index in [1.165, 1.54) is 0 Å². The van der Waals surface area contributed by atoms with E-state index in [2.05, 4.69) is 0 Å². The lowest BCUT2D eigenvalue weighted by molar-refractivity contribution is 0.0957. The van der Waals surface area contributed by atoms with Crippen molar-refractivity contribution < 1.29 is 9.00 Å². The van der Waals surface area contributed by atoms with Crippen LogP contribution >= 0.6 is 0 Å². The highest BCUT2D eigenvalue weighted by molar-refractivity contribution is 7.84. The molecule has 0 fully saturated rings. The number of rotatable bonds is 6. The molecule has 0 N–H and O–H groups in total. The lowest BCUT2D eigenvalue weighted by Crippen LogP contribution is -2.15. The minimum Gasteiger partial charge on any atom is -0.293 e. The molecule has 2 unspecified atom stereocenters. The van der Waals surface area contributed by atoms with Crippen molar-refractivity contribution in [1.29, 1.82) is 0 Å². The normalized spacial score (nSPS) is 13.7. The molecule has 2 aromatic rings. The Morgan fingerprint density at radius 3 is 2.10 bits per heavy atom. The number of hydrogen-bond donors (Lipinski definition) is 0. The SMILES string of the molecule is CS(=O)CCC(C(=O)c1ccccc1)c1ccccc1. The van der Waals surface area contributed by atoms with Crippen molar-refractivity contribution in [3.8, 4) is 0 Å². The van der Waals surface area contributed by atoms with Crippen LogP contribution in [-0.4, -0.2) is 22.0 Å². The molecule has 104 valence electrons. The summed E-state index contributed by atoms with van der Waals surface area (Å²) in [6, 6.07) is 19.0. The molecule has 0 saturated carbocycles. The largest absolute Gasteiger partial charge is 0.293 e. The highest BCUT2D eigenvalue weighted by Gasteiger charge is 2.21. The van der Waals surface area contributed by atoms with Gasteiger partial charge in [0.05, 0.1) is 0 Å². The van der Waals surface area contributed by atoms with Gasteiger partial charge in [0.1, 0.15) is 0 Å². The molecule has 0 radical (unpaired) electrons. The van der Waals surface area contributed by atoms with Gasteiger partial charge in [0, 0.05) is 34.3 Å². The number of hydrogen-bond acceptors (Lipinski definition) is 2. The highest BCUT2D eigenvalue weighted by Crippen LogP contribution is 2.24. The third-order valence-electron chi connectivity index (χ3n) is 3.27. The van der Waals surface area contributed by atoms with Crippen LogP contribution in [0, 0.1) is 0 Å². The maximum absolute atomic E-state index is 12.7. The molecule has 0 bridgehead atoms. The minimum atomic E-state index is -0.885. The maximum atomic E-state index is 12.7. The van der Waals surface area contributed by atoms with Crippen molar-refractivity contribution in [2.75, 3.05) is 12.0 Å². The zero-order valence-corrected chi connectivity index (χ0v) is 12.3. The summed E-state index contributed by atoms with van der Waals surface area (Å²) < 4.78 is 11.3. The first kappa shape index (κ1) is 14.7. The Bertz CT molecular complexity index is 578. The summed E-state index contributed by atoms with van der Waals surface area (Å²) in [6.07, 6.45) is 2.29. The van der Waals surface area contributed by atoms with Gasteiger partial charge in [-0.2, -0.15) is 0 Å². The van der Waals surface area contributed by atoms with Gasteiger partial charge in [-0.05, 0) is 12.0 Å². The molecule has 2 rings (SSSR count). The molecular formula is C17H18O2S. The topological polar surface area (TPSA) is 34.1 Å². The molecule has 0 aliphatic heterocycles. The van der Waals surface area contributed by atoms with Gasteiger partial charge < -0.3 is 0 Å². The molecule has 0 aromatic heterocycles. The van der Waals surface area contributed by atoms with Gasteiger partial charge in [0.2, 0.25) is 0 Å². The lowest BCUT2D eigenvalue weighted by atomic mass is 9.88. The second kappa shape index (κ2) is 7.15. The van der Waals surface area contributed by atoms with Gasteiger partial charge in [-0.25, -0.2) is 0 Å². The summed E-state index contributed by atoms with van der Waals surface area (Å²) in [5.74, 6) is 0.419. The first-order valence-corrected chi connectivity index (χ1v) is 8.35. The van der Waals surface area contributed by atoms with E-state index in [4.69, 9.17) is 0 Å². The van der Waals surface area contributed by atoms with Crippen molar-refractivity contribution in [2.24, 2.45) is 0 Å². The first-order valence-electron chi connectivity index (χ1n) is 6.62. The molecule has 2 aromatic carbocycles. The standard InChI is InChI=1S/C17H18O2S/c1-20(19)13-12-16(14-8-4-2-5-9-14)17(18)15-10-6-3-7-11-15/h2-11,16H,12-13H2,1H3. The Balaban J connectivity index is 2.27. The maximum Gasteiger partial charge on any atom is 0.170 e. The molecule has 0 saturated heterocycles. The van der Waals surface area contributed by atoms with E-state index in [0.717, 1.165) is 5.56 Å². The van der Waals surface area contributed by atoms with Gasteiger partial charge in [-0.3, -0.25) is 9.00 Å². The number of carbonyl (C=O) groups is 1. The Kier molecular flexibility index (Phi) is 5.24. The van der Waals surface area contributed by atoms with E-state index in [1.807, 2.05) is 60.7 Å². The van der Waals surface area contributed by atoms with Crippen LogP contribution in [-0.2, 0) is 10.8 Å². The summed E-state index contributed by atoms with van der Waals surface area (Å²) in [5.41, 5.74) is 1.70. The Morgan fingerprint density at radius 1 is 1.00 bits per heavy atom. The number of ketones is 1. The van der Waals surface area contributed by atoms with Gasteiger partial charge in [-0.15, -0.1) is 0 Å². The van der Waals surface area contributed by atoms with E-state index >= 15 is 0 Å². The highest BCUT2D eigenvalue weighted by atomic mass is 32.2.